The van der Waals surface area contributed by atoms with Crippen molar-refractivity contribution < 1.29 is 14.0 Å². The van der Waals surface area contributed by atoms with E-state index >= 15 is 4.39 Å². The normalized spacial score (nSPS) is 17.0. The lowest BCUT2D eigenvalue weighted by Crippen LogP contribution is -2.44. The quantitative estimate of drug-likeness (QED) is 0.656. The van der Waals surface area contributed by atoms with Crippen molar-refractivity contribution in [2.24, 2.45) is 11.1 Å². The lowest BCUT2D eigenvalue weighted by atomic mass is 9.92. The van der Waals surface area contributed by atoms with Crippen LogP contribution >= 0.6 is 11.6 Å². The second kappa shape index (κ2) is 7.97. The highest BCUT2D eigenvalue weighted by atomic mass is 35.5. The van der Waals surface area contributed by atoms with Crippen LogP contribution in [0.15, 0.2) is 36.7 Å². The van der Waals surface area contributed by atoms with Gasteiger partial charge in [0.2, 0.25) is 5.91 Å². The zero-order chi connectivity index (χ0) is 20.5. The number of ketones is 1. The number of carbonyl (C=O) groups excluding carboxylic acids is 2. The average molecular weight is 404 g/mol. The predicted octanol–water partition coefficient (Wildman–Crippen LogP) is 3.80. The van der Waals surface area contributed by atoms with E-state index in [0.29, 0.717) is 12.0 Å². The molecule has 0 spiro atoms. The number of aromatic nitrogens is 1. The molecule has 28 heavy (non-hydrogen) atoms. The highest BCUT2D eigenvalue weighted by Gasteiger charge is 2.53. The zero-order valence-electron chi connectivity index (χ0n) is 15.8. The van der Waals surface area contributed by atoms with Crippen LogP contribution in [0.2, 0.25) is 5.02 Å². The molecule has 2 aromatic rings. The van der Waals surface area contributed by atoms with Gasteiger partial charge in [0.15, 0.2) is 5.78 Å². The number of nitrogens with two attached hydrogens (primary N) is 1. The van der Waals surface area contributed by atoms with E-state index in [-0.39, 0.29) is 34.1 Å². The van der Waals surface area contributed by atoms with Crippen LogP contribution in [0.1, 0.15) is 60.6 Å². The molecule has 1 aromatic heterocycles. The smallest absolute Gasteiger partial charge is 0.225 e. The Morgan fingerprint density at radius 1 is 1.36 bits per heavy atom. The molecule has 1 heterocycles. The third-order valence-electron chi connectivity index (χ3n) is 5.61. The fraction of sp³-hybridized carbons (Fsp3) is 0.381. The summed E-state index contributed by atoms with van der Waals surface area (Å²) < 4.78 is 15.4. The van der Waals surface area contributed by atoms with E-state index in [0.717, 1.165) is 12.8 Å². The Kier molecular flexibility index (Phi) is 5.82. The van der Waals surface area contributed by atoms with E-state index in [1.165, 1.54) is 18.5 Å². The van der Waals surface area contributed by atoms with E-state index < -0.39 is 17.0 Å². The number of benzene rings is 1. The number of halogens is 2. The fourth-order valence-electron chi connectivity index (χ4n) is 3.60. The number of amides is 1. The van der Waals surface area contributed by atoms with Gasteiger partial charge in [-0.1, -0.05) is 24.6 Å². The van der Waals surface area contributed by atoms with Gasteiger partial charge in [-0.2, -0.15) is 0 Å². The van der Waals surface area contributed by atoms with Crippen LogP contribution in [-0.2, 0) is 4.79 Å². The Bertz CT molecular complexity index is 900. The molecule has 7 heteroatoms. The van der Waals surface area contributed by atoms with Crippen LogP contribution in [0.5, 0.6) is 0 Å². The lowest BCUT2D eigenvalue weighted by Gasteiger charge is -2.28. The molecule has 0 saturated heterocycles. The molecule has 1 aliphatic rings. The van der Waals surface area contributed by atoms with Crippen molar-refractivity contribution in [3.05, 3.63) is 64.2 Å². The molecule has 5 nitrogen and oxygen atoms in total. The summed E-state index contributed by atoms with van der Waals surface area (Å²) in [6.07, 6.45) is 4.93. The van der Waals surface area contributed by atoms with Gasteiger partial charge < -0.3 is 11.1 Å². The monoisotopic (exact) mass is 403 g/mol. The SMILES string of the molecule is CC[C@@H](N[C@H](C)C1(C(N)=O)CC1)c1ccc(Cl)c(C(=O)c2cccnc2)c1F. The Morgan fingerprint density at radius 2 is 2.07 bits per heavy atom. The van der Waals surface area contributed by atoms with Gasteiger partial charge in [-0.05, 0) is 44.4 Å². The molecule has 3 rings (SSSR count). The van der Waals surface area contributed by atoms with Gasteiger partial charge in [0.25, 0.3) is 0 Å². The molecule has 0 bridgehead atoms. The minimum Gasteiger partial charge on any atom is -0.369 e. The van der Waals surface area contributed by atoms with Gasteiger partial charge >= 0.3 is 0 Å². The summed E-state index contributed by atoms with van der Waals surface area (Å²) >= 11 is 6.16. The van der Waals surface area contributed by atoms with Crippen molar-refractivity contribution in [2.75, 3.05) is 0 Å². The van der Waals surface area contributed by atoms with Crippen LogP contribution in [-0.4, -0.2) is 22.7 Å². The molecule has 148 valence electrons. The van der Waals surface area contributed by atoms with E-state index in [2.05, 4.69) is 10.3 Å². The number of primary amides is 1. The van der Waals surface area contributed by atoms with Crippen molar-refractivity contribution in [3.63, 3.8) is 0 Å². The summed E-state index contributed by atoms with van der Waals surface area (Å²) in [6, 6.07) is 5.69. The molecular weight excluding hydrogens is 381 g/mol. The molecular formula is C21H23ClFN3O2. The number of hydrogen-bond acceptors (Lipinski definition) is 4. The van der Waals surface area contributed by atoms with Crippen molar-refractivity contribution >= 4 is 23.3 Å². The molecule has 1 aromatic carbocycles. The van der Waals surface area contributed by atoms with Gasteiger partial charge in [-0.3, -0.25) is 14.6 Å². The van der Waals surface area contributed by atoms with Crippen LogP contribution < -0.4 is 11.1 Å². The lowest BCUT2D eigenvalue weighted by molar-refractivity contribution is -0.124. The summed E-state index contributed by atoms with van der Waals surface area (Å²) in [4.78, 5) is 28.5. The summed E-state index contributed by atoms with van der Waals surface area (Å²) in [5.41, 5.74) is 5.40. The van der Waals surface area contributed by atoms with E-state index in [4.69, 9.17) is 17.3 Å². The molecule has 3 N–H and O–H groups in total. The minimum atomic E-state index is -0.656. The first kappa shape index (κ1) is 20.4. The van der Waals surface area contributed by atoms with E-state index in [9.17, 15) is 9.59 Å². The van der Waals surface area contributed by atoms with Gasteiger partial charge in [-0.15, -0.1) is 0 Å². The number of pyridine rings is 1. The summed E-state index contributed by atoms with van der Waals surface area (Å²) in [6.45, 7) is 3.79. The van der Waals surface area contributed by atoms with Gasteiger partial charge in [-0.25, -0.2) is 4.39 Å². The van der Waals surface area contributed by atoms with E-state index in [1.807, 2.05) is 13.8 Å². The average Bonchev–Trinajstić information content (AvgIpc) is 3.49. The van der Waals surface area contributed by atoms with Gasteiger partial charge in [0.1, 0.15) is 5.82 Å². The largest absolute Gasteiger partial charge is 0.369 e. The third kappa shape index (κ3) is 3.66. The number of carbonyl (C=O) groups is 2. The van der Waals surface area contributed by atoms with Crippen molar-refractivity contribution in [1.29, 1.82) is 0 Å². The van der Waals surface area contributed by atoms with Gasteiger partial charge in [0, 0.05) is 35.6 Å². The second-order valence-corrected chi connectivity index (χ2v) is 7.67. The molecule has 1 aliphatic carbocycles. The van der Waals surface area contributed by atoms with E-state index in [1.54, 1.807) is 18.2 Å². The van der Waals surface area contributed by atoms with Crippen LogP contribution in [0.3, 0.4) is 0 Å². The molecule has 1 fully saturated rings. The predicted molar refractivity (Wildman–Crippen MR) is 106 cm³/mol. The second-order valence-electron chi connectivity index (χ2n) is 7.27. The molecule has 1 saturated carbocycles. The molecule has 1 amide bonds. The number of rotatable bonds is 8. The topological polar surface area (TPSA) is 85.1 Å². The zero-order valence-corrected chi connectivity index (χ0v) is 16.6. The summed E-state index contributed by atoms with van der Waals surface area (Å²) in [5, 5.41) is 3.38. The Morgan fingerprint density at radius 3 is 2.61 bits per heavy atom. The summed E-state index contributed by atoms with van der Waals surface area (Å²) in [7, 11) is 0. The Hall–Kier alpha value is -2.31. The van der Waals surface area contributed by atoms with Crippen molar-refractivity contribution in [2.45, 2.75) is 45.2 Å². The third-order valence-corrected chi connectivity index (χ3v) is 5.93. The number of nitrogens with zero attached hydrogens (tertiary/aromatic N) is 1. The van der Waals surface area contributed by atoms with Gasteiger partial charge in [0.05, 0.1) is 16.0 Å². The fourth-order valence-corrected chi connectivity index (χ4v) is 3.84. The number of hydrogen-bond donors (Lipinski definition) is 2. The first-order valence-corrected chi connectivity index (χ1v) is 9.68. The van der Waals surface area contributed by atoms with Crippen LogP contribution in [0.4, 0.5) is 4.39 Å². The minimum absolute atomic E-state index is 0.0498. The summed E-state index contributed by atoms with van der Waals surface area (Å²) in [5.74, 6) is -1.51. The first-order valence-electron chi connectivity index (χ1n) is 9.30. The maximum absolute atomic E-state index is 15.4. The Labute approximate surface area is 168 Å². The highest BCUT2D eigenvalue weighted by Crippen LogP contribution is 2.49. The standard InChI is InChI=1S/C21H23ClFN3O2/c1-3-16(26-12(2)21(8-9-21)20(24)28)14-6-7-15(22)17(18(14)23)19(27)13-5-4-10-25-11-13/h4-7,10-12,16,26H,3,8-9H2,1-2H3,(H2,24,28)/t12-,16-/m1/s1. The molecule has 0 unspecified atom stereocenters. The molecule has 0 aliphatic heterocycles. The molecule has 2 atom stereocenters. The maximum Gasteiger partial charge on any atom is 0.225 e. The highest BCUT2D eigenvalue weighted by molar-refractivity contribution is 6.35. The van der Waals surface area contributed by atoms with Crippen LogP contribution in [0.25, 0.3) is 0 Å². The van der Waals surface area contributed by atoms with Crippen molar-refractivity contribution in [1.82, 2.24) is 10.3 Å². The molecule has 0 radical (unpaired) electrons. The first-order chi connectivity index (χ1) is 13.3. The van der Waals surface area contributed by atoms with Crippen LogP contribution in [0, 0.1) is 11.2 Å². The number of nitrogens with one attached hydrogen (secondary N) is 1. The Balaban J connectivity index is 1.93. The maximum atomic E-state index is 15.4. The van der Waals surface area contributed by atoms with Crippen molar-refractivity contribution in [3.8, 4) is 0 Å².